The third kappa shape index (κ3) is 3.73. The maximum atomic E-state index is 10.2. The quantitative estimate of drug-likeness (QED) is 0.707. The van der Waals surface area contributed by atoms with E-state index in [9.17, 15) is 4.79 Å². The van der Waals surface area contributed by atoms with Gasteiger partial charge in [0.1, 0.15) is 5.76 Å². The number of aliphatic carboxylic acids is 1. The van der Waals surface area contributed by atoms with Gasteiger partial charge >= 0.3 is 5.97 Å². The molecule has 1 N–H and O–H groups in total. The summed E-state index contributed by atoms with van der Waals surface area (Å²) in [6, 6.07) is 1.88. The molecule has 72 valence electrons. The van der Waals surface area contributed by atoms with Crippen LogP contribution >= 0.6 is 0 Å². The molecular formula is C9H13NO3. The summed E-state index contributed by atoms with van der Waals surface area (Å²) in [6.07, 6.45) is 2.57. The standard InChI is InChI=1S/C9H13NO3/c1-7-6-8(10-13-7)4-2-3-5-9(11)12/h6H,2-5H2,1H3,(H,11,12). The van der Waals surface area contributed by atoms with Crippen molar-refractivity contribution in [3.8, 4) is 0 Å². The molecular weight excluding hydrogens is 170 g/mol. The van der Waals surface area contributed by atoms with E-state index in [2.05, 4.69) is 5.16 Å². The normalized spacial score (nSPS) is 10.2. The number of carboxylic acids is 1. The van der Waals surface area contributed by atoms with Crippen molar-refractivity contribution in [2.24, 2.45) is 0 Å². The summed E-state index contributed by atoms with van der Waals surface area (Å²) >= 11 is 0. The number of carboxylic acid groups (broad SMARTS) is 1. The van der Waals surface area contributed by atoms with Crippen molar-refractivity contribution in [1.29, 1.82) is 0 Å². The lowest BCUT2D eigenvalue weighted by Crippen LogP contribution is -1.94. The minimum absolute atomic E-state index is 0.233. The van der Waals surface area contributed by atoms with Crippen molar-refractivity contribution in [3.05, 3.63) is 17.5 Å². The van der Waals surface area contributed by atoms with Crippen LogP contribution in [0.25, 0.3) is 0 Å². The Balaban J connectivity index is 2.16. The van der Waals surface area contributed by atoms with Gasteiger partial charge in [-0.15, -0.1) is 0 Å². The summed E-state index contributed by atoms with van der Waals surface area (Å²) in [5.41, 5.74) is 0.905. The zero-order valence-corrected chi connectivity index (χ0v) is 7.62. The van der Waals surface area contributed by atoms with E-state index >= 15 is 0 Å². The lowest BCUT2D eigenvalue weighted by Gasteiger charge is -1.93. The predicted octanol–water partition coefficient (Wildman–Crippen LogP) is 1.78. The number of aryl methyl sites for hydroxylation is 2. The number of unbranched alkanes of at least 4 members (excludes halogenated alkanes) is 1. The highest BCUT2D eigenvalue weighted by Crippen LogP contribution is 2.06. The first-order valence-corrected chi connectivity index (χ1v) is 4.32. The molecule has 1 aromatic rings. The monoisotopic (exact) mass is 183 g/mol. The fourth-order valence-electron chi connectivity index (χ4n) is 1.12. The third-order valence-corrected chi connectivity index (χ3v) is 1.75. The van der Waals surface area contributed by atoms with E-state index in [-0.39, 0.29) is 6.42 Å². The van der Waals surface area contributed by atoms with Crippen LogP contribution < -0.4 is 0 Å². The summed E-state index contributed by atoms with van der Waals surface area (Å²) in [6.45, 7) is 1.84. The fraction of sp³-hybridized carbons (Fsp3) is 0.556. The number of carbonyl (C=O) groups is 1. The molecule has 0 aliphatic rings. The van der Waals surface area contributed by atoms with Crippen LogP contribution in [-0.2, 0) is 11.2 Å². The molecule has 13 heavy (non-hydrogen) atoms. The molecule has 0 aliphatic carbocycles. The zero-order chi connectivity index (χ0) is 9.68. The molecule has 0 unspecified atom stereocenters. The summed E-state index contributed by atoms with van der Waals surface area (Å²) in [7, 11) is 0. The average molecular weight is 183 g/mol. The lowest BCUT2D eigenvalue weighted by atomic mass is 10.1. The van der Waals surface area contributed by atoms with Gasteiger partial charge in [-0.2, -0.15) is 0 Å². The third-order valence-electron chi connectivity index (χ3n) is 1.75. The molecule has 0 spiro atoms. The summed E-state index contributed by atoms with van der Waals surface area (Å²) in [5.74, 6) is 0.0598. The van der Waals surface area contributed by atoms with E-state index in [1.807, 2.05) is 13.0 Å². The molecule has 0 aromatic carbocycles. The van der Waals surface area contributed by atoms with Gasteiger partial charge in [0.25, 0.3) is 0 Å². The molecule has 4 nitrogen and oxygen atoms in total. The summed E-state index contributed by atoms with van der Waals surface area (Å²) in [4.78, 5) is 10.2. The van der Waals surface area contributed by atoms with Crippen LogP contribution in [0.3, 0.4) is 0 Å². The van der Waals surface area contributed by atoms with Crippen LogP contribution in [0.2, 0.25) is 0 Å². The van der Waals surface area contributed by atoms with Gasteiger partial charge in [-0.1, -0.05) is 5.16 Å². The lowest BCUT2D eigenvalue weighted by molar-refractivity contribution is -0.137. The van der Waals surface area contributed by atoms with E-state index < -0.39 is 5.97 Å². The van der Waals surface area contributed by atoms with Crippen LogP contribution in [0, 0.1) is 6.92 Å². The minimum atomic E-state index is -0.740. The SMILES string of the molecule is Cc1cc(CCCCC(=O)O)no1. The van der Waals surface area contributed by atoms with Crippen LogP contribution in [0.1, 0.15) is 30.7 Å². The van der Waals surface area contributed by atoms with Gasteiger partial charge in [-0.3, -0.25) is 4.79 Å². The van der Waals surface area contributed by atoms with Crippen molar-refractivity contribution in [3.63, 3.8) is 0 Å². The van der Waals surface area contributed by atoms with Gasteiger partial charge in [-0.05, 0) is 26.2 Å². The molecule has 4 heteroatoms. The van der Waals surface area contributed by atoms with E-state index in [0.29, 0.717) is 6.42 Å². The Morgan fingerprint density at radius 3 is 2.92 bits per heavy atom. The fourth-order valence-corrected chi connectivity index (χ4v) is 1.12. The highest BCUT2D eigenvalue weighted by Gasteiger charge is 2.01. The first kappa shape index (κ1) is 9.77. The van der Waals surface area contributed by atoms with Crippen molar-refractivity contribution in [2.45, 2.75) is 32.6 Å². The number of hydrogen-bond donors (Lipinski definition) is 1. The van der Waals surface area contributed by atoms with Gasteiger partial charge in [0.2, 0.25) is 0 Å². The first-order chi connectivity index (χ1) is 6.18. The van der Waals surface area contributed by atoms with Crippen molar-refractivity contribution in [1.82, 2.24) is 5.16 Å². The van der Waals surface area contributed by atoms with E-state index in [1.54, 1.807) is 0 Å². The second kappa shape index (κ2) is 4.64. The van der Waals surface area contributed by atoms with E-state index in [0.717, 1.165) is 24.3 Å². The highest BCUT2D eigenvalue weighted by atomic mass is 16.5. The Kier molecular flexibility index (Phi) is 3.49. The first-order valence-electron chi connectivity index (χ1n) is 4.32. The highest BCUT2D eigenvalue weighted by molar-refractivity contribution is 5.66. The van der Waals surface area contributed by atoms with Crippen LogP contribution in [-0.4, -0.2) is 16.2 Å². The topological polar surface area (TPSA) is 63.3 Å². The molecule has 1 heterocycles. The van der Waals surface area contributed by atoms with E-state index in [1.165, 1.54) is 0 Å². The van der Waals surface area contributed by atoms with Gasteiger partial charge < -0.3 is 9.63 Å². The Bertz CT molecular complexity index is 280. The molecule has 0 fully saturated rings. The number of hydrogen-bond acceptors (Lipinski definition) is 3. The summed E-state index contributed by atoms with van der Waals surface area (Å²) in [5, 5.41) is 12.2. The second-order valence-electron chi connectivity index (χ2n) is 3.03. The number of nitrogens with zero attached hydrogens (tertiary/aromatic N) is 1. The zero-order valence-electron chi connectivity index (χ0n) is 7.62. The maximum Gasteiger partial charge on any atom is 0.303 e. The van der Waals surface area contributed by atoms with Crippen LogP contribution in [0.15, 0.2) is 10.6 Å². The Hall–Kier alpha value is -1.32. The number of aromatic nitrogens is 1. The molecule has 0 aliphatic heterocycles. The van der Waals surface area contributed by atoms with Gasteiger partial charge in [0.15, 0.2) is 0 Å². The van der Waals surface area contributed by atoms with Crippen LogP contribution in [0.4, 0.5) is 0 Å². The Labute approximate surface area is 76.5 Å². The van der Waals surface area contributed by atoms with Gasteiger partial charge in [0.05, 0.1) is 5.69 Å². The van der Waals surface area contributed by atoms with Crippen molar-refractivity contribution >= 4 is 5.97 Å². The average Bonchev–Trinajstić information content (AvgIpc) is 2.45. The Morgan fingerprint density at radius 1 is 1.62 bits per heavy atom. The molecule has 0 saturated carbocycles. The molecule has 0 saturated heterocycles. The van der Waals surface area contributed by atoms with Crippen LogP contribution in [0.5, 0.6) is 0 Å². The molecule has 0 atom stereocenters. The summed E-state index contributed by atoms with van der Waals surface area (Å²) < 4.78 is 4.88. The predicted molar refractivity (Wildman–Crippen MR) is 46.4 cm³/mol. The van der Waals surface area contributed by atoms with Gasteiger partial charge in [-0.25, -0.2) is 0 Å². The molecule has 1 aromatic heterocycles. The molecule has 1 rings (SSSR count). The van der Waals surface area contributed by atoms with E-state index in [4.69, 9.17) is 9.63 Å². The van der Waals surface area contributed by atoms with Crippen molar-refractivity contribution in [2.75, 3.05) is 0 Å². The van der Waals surface area contributed by atoms with Gasteiger partial charge in [0, 0.05) is 12.5 Å². The van der Waals surface area contributed by atoms with Crippen molar-refractivity contribution < 1.29 is 14.4 Å². The smallest absolute Gasteiger partial charge is 0.303 e. The minimum Gasteiger partial charge on any atom is -0.481 e. The number of rotatable bonds is 5. The maximum absolute atomic E-state index is 10.2. The Morgan fingerprint density at radius 2 is 2.38 bits per heavy atom. The molecule has 0 bridgehead atoms. The molecule has 0 amide bonds. The largest absolute Gasteiger partial charge is 0.481 e. The second-order valence-corrected chi connectivity index (χ2v) is 3.03. The molecule has 0 radical (unpaired) electrons.